The van der Waals surface area contributed by atoms with Gasteiger partial charge in [-0.25, -0.2) is 4.98 Å². The minimum Gasteiger partial charge on any atom is -0.494 e. The zero-order valence-corrected chi connectivity index (χ0v) is 17.1. The molecular formula is C21H24N2O4S. The average Bonchev–Trinajstić information content (AvgIpc) is 3.11. The first-order chi connectivity index (χ1) is 13.6. The van der Waals surface area contributed by atoms with Crippen molar-refractivity contribution >= 4 is 32.6 Å². The van der Waals surface area contributed by atoms with Crippen LogP contribution in [0.3, 0.4) is 0 Å². The van der Waals surface area contributed by atoms with E-state index in [1.54, 1.807) is 32.4 Å². The Kier molecular flexibility index (Phi) is 6.71. The maximum absolute atomic E-state index is 12.6. The minimum absolute atomic E-state index is 0.225. The van der Waals surface area contributed by atoms with Crippen molar-refractivity contribution in [1.29, 1.82) is 0 Å². The highest BCUT2D eigenvalue weighted by Crippen LogP contribution is 2.36. The van der Waals surface area contributed by atoms with Crippen molar-refractivity contribution in [2.75, 3.05) is 26.1 Å². The number of nitrogens with one attached hydrogen (secondary N) is 1. The summed E-state index contributed by atoms with van der Waals surface area (Å²) in [5, 5.41) is 3.38. The number of aromatic nitrogens is 1. The van der Waals surface area contributed by atoms with Crippen LogP contribution >= 0.6 is 11.3 Å². The summed E-state index contributed by atoms with van der Waals surface area (Å²) >= 11 is 1.38. The summed E-state index contributed by atoms with van der Waals surface area (Å²) in [4.78, 5) is 17.1. The number of thiazole rings is 1. The van der Waals surface area contributed by atoms with Crippen LogP contribution in [0, 0.1) is 0 Å². The number of ether oxygens (including phenoxy) is 3. The Morgan fingerprint density at radius 3 is 2.64 bits per heavy atom. The Hall–Kier alpha value is -2.80. The lowest BCUT2D eigenvalue weighted by Crippen LogP contribution is -2.11. The molecule has 0 aliphatic rings. The SMILES string of the molecule is CCCCCOc1cccc(C(=O)Nc2nc3cc(OC)c(OC)cc3s2)c1. The van der Waals surface area contributed by atoms with Gasteiger partial charge in [-0.15, -0.1) is 0 Å². The molecule has 0 aliphatic heterocycles. The van der Waals surface area contributed by atoms with Crippen LogP contribution in [-0.2, 0) is 0 Å². The van der Waals surface area contributed by atoms with Crippen LogP contribution in [0.15, 0.2) is 36.4 Å². The second-order valence-corrected chi connectivity index (χ2v) is 7.26. The van der Waals surface area contributed by atoms with Crippen molar-refractivity contribution in [3.63, 3.8) is 0 Å². The van der Waals surface area contributed by atoms with E-state index in [1.807, 2.05) is 18.2 Å². The van der Waals surface area contributed by atoms with E-state index in [0.717, 1.165) is 29.5 Å². The molecule has 0 radical (unpaired) electrons. The number of amides is 1. The lowest BCUT2D eigenvalue weighted by atomic mass is 10.2. The van der Waals surface area contributed by atoms with Crippen LogP contribution in [0.5, 0.6) is 17.2 Å². The summed E-state index contributed by atoms with van der Waals surface area (Å²) in [6.07, 6.45) is 3.28. The van der Waals surface area contributed by atoms with Gasteiger partial charge in [-0.3, -0.25) is 10.1 Å². The fourth-order valence-corrected chi connectivity index (χ4v) is 3.62. The van der Waals surface area contributed by atoms with Gasteiger partial charge in [-0.1, -0.05) is 37.2 Å². The van der Waals surface area contributed by atoms with Gasteiger partial charge in [-0.2, -0.15) is 0 Å². The maximum Gasteiger partial charge on any atom is 0.257 e. The second kappa shape index (κ2) is 9.41. The minimum atomic E-state index is -0.225. The number of carbonyl (C=O) groups is 1. The molecule has 3 rings (SSSR count). The molecule has 1 aromatic heterocycles. The highest BCUT2D eigenvalue weighted by molar-refractivity contribution is 7.22. The number of unbranched alkanes of at least 4 members (excludes halogenated alkanes) is 2. The molecule has 0 aliphatic carbocycles. The number of methoxy groups -OCH3 is 2. The molecule has 3 aromatic rings. The average molecular weight is 401 g/mol. The largest absolute Gasteiger partial charge is 0.494 e. The number of hydrogen-bond donors (Lipinski definition) is 1. The number of benzene rings is 2. The zero-order valence-electron chi connectivity index (χ0n) is 16.3. The summed E-state index contributed by atoms with van der Waals surface area (Å²) in [7, 11) is 3.17. The third kappa shape index (κ3) is 4.72. The highest BCUT2D eigenvalue weighted by Gasteiger charge is 2.13. The van der Waals surface area contributed by atoms with Gasteiger partial charge in [0.05, 0.1) is 31.0 Å². The number of carbonyl (C=O) groups excluding carboxylic acids is 1. The van der Waals surface area contributed by atoms with Gasteiger partial charge in [0.15, 0.2) is 16.6 Å². The smallest absolute Gasteiger partial charge is 0.257 e. The van der Waals surface area contributed by atoms with Crippen molar-refractivity contribution < 1.29 is 19.0 Å². The molecule has 0 fully saturated rings. The van der Waals surface area contributed by atoms with Gasteiger partial charge in [-0.05, 0) is 24.6 Å². The van der Waals surface area contributed by atoms with Crippen molar-refractivity contribution in [3.8, 4) is 17.2 Å². The molecule has 0 atom stereocenters. The molecule has 0 spiro atoms. The maximum atomic E-state index is 12.6. The molecule has 0 saturated heterocycles. The molecule has 0 saturated carbocycles. The van der Waals surface area contributed by atoms with Gasteiger partial charge < -0.3 is 14.2 Å². The summed E-state index contributed by atoms with van der Waals surface area (Å²) < 4.78 is 17.3. The first-order valence-electron chi connectivity index (χ1n) is 9.21. The summed E-state index contributed by atoms with van der Waals surface area (Å²) in [6.45, 7) is 2.81. The van der Waals surface area contributed by atoms with Crippen LogP contribution in [-0.4, -0.2) is 31.7 Å². The molecule has 6 nitrogen and oxygen atoms in total. The van der Waals surface area contributed by atoms with Gasteiger partial charge in [0, 0.05) is 17.7 Å². The van der Waals surface area contributed by atoms with Gasteiger partial charge in [0.1, 0.15) is 5.75 Å². The normalized spacial score (nSPS) is 10.7. The van der Waals surface area contributed by atoms with E-state index in [-0.39, 0.29) is 5.91 Å². The molecule has 7 heteroatoms. The Bertz CT molecular complexity index is 914. The van der Waals surface area contributed by atoms with Crippen LogP contribution < -0.4 is 19.5 Å². The fourth-order valence-electron chi connectivity index (χ4n) is 2.75. The number of rotatable bonds is 9. The molecule has 0 unspecified atom stereocenters. The van der Waals surface area contributed by atoms with E-state index in [4.69, 9.17) is 14.2 Å². The first kappa shape index (κ1) is 19.9. The second-order valence-electron chi connectivity index (χ2n) is 6.23. The molecule has 1 amide bonds. The summed E-state index contributed by atoms with van der Waals surface area (Å²) in [6, 6.07) is 10.8. The molecule has 148 valence electrons. The predicted molar refractivity (Wildman–Crippen MR) is 112 cm³/mol. The quantitative estimate of drug-likeness (QED) is 0.504. The van der Waals surface area contributed by atoms with E-state index in [1.165, 1.54) is 11.3 Å². The van der Waals surface area contributed by atoms with Crippen molar-refractivity contribution in [3.05, 3.63) is 42.0 Å². The third-order valence-corrected chi connectivity index (χ3v) is 5.16. The molecule has 1 heterocycles. The fraction of sp³-hybridized carbons (Fsp3) is 0.333. The Morgan fingerprint density at radius 2 is 1.89 bits per heavy atom. The van der Waals surface area contributed by atoms with E-state index >= 15 is 0 Å². The van der Waals surface area contributed by atoms with Crippen molar-refractivity contribution in [2.45, 2.75) is 26.2 Å². The zero-order chi connectivity index (χ0) is 19.9. The van der Waals surface area contributed by atoms with E-state index < -0.39 is 0 Å². The molecule has 28 heavy (non-hydrogen) atoms. The molecular weight excluding hydrogens is 376 g/mol. The van der Waals surface area contributed by atoms with Crippen molar-refractivity contribution in [2.24, 2.45) is 0 Å². The van der Waals surface area contributed by atoms with Crippen LogP contribution in [0.2, 0.25) is 0 Å². The summed E-state index contributed by atoms with van der Waals surface area (Å²) in [5.41, 5.74) is 1.27. The molecule has 2 aromatic carbocycles. The van der Waals surface area contributed by atoms with Crippen LogP contribution in [0.25, 0.3) is 10.2 Å². The number of nitrogens with zero attached hydrogens (tertiary/aromatic N) is 1. The van der Waals surface area contributed by atoms with Gasteiger partial charge >= 0.3 is 0 Å². The Balaban J connectivity index is 1.72. The highest BCUT2D eigenvalue weighted by atomic mass is 32.1. The van der Waals surface area contributed by atoms with Crippen LogP contribution in [0.4, 0.5) is 5.13 Å². The van der Waals surface area contributed by atoms with E-state index in [2.05, 4.69) is 17.2 Å². The van der Waals surface area contributed by atoms with Crippen LogP contribution in [0.1, 0.15) is 36.5 Å². The predicted octanol–water partition coefficient (Wildman–Crippen LogP) is 5.13. The number of fused-ring (bicyclic) bond motifs is 1. The topological polar surface area (TPSA) is 69.7 Å². The number of hydrogen-bond acceptors (Lipinski definition) is 6. The first-order valence-corrected chi connectivity index (χ1v) is 10.0. The number of anilines is 1. The molecule has 0 bridgehead atoms. The van der Waals surface area contributed by atoms with E-state index in [0.29, 0.717) is 34.6 Å². The Morgan fingerprint density at radius 1 is 1.11 bits per heavy atom. The molecule has 1 N–H and O–H groups in total. The van der Waals surface area contributed by atoms with Crippen molar-refractivity contribution in [1.82, 2.24) is 4.98 Å². The van der Waals surface area contributed by atoms with Gasteiger partial charge in [0.25, 0.3) is 5.91 Å². The van der Waals surface area contributed by atoms with Gasteiger partial charge in [0.2, 0.25) is 0 Å². The Labute approximate surface area is 168 Å². The standard InChI is InChI=1S/C21H24N2O4S/c1-4-5-6-10-27-15-9-7-8-14(11-15)20(24)23-21-22-16-12-17(25-2)18(26-3)13-19(16)28-21/h7-9,11-13H,4-6,10H2,1-3H3,(H,22,23,24). The lowest BCUT2D eigenvalue weighted by Gasteiger charge is -2.07. The summed E-state index contributed by atoms with van der Waals surface area (Å²) in [5.74, 6) is 1.70. The third-order valence-electron chi connectivity index (χ3n) is 4.23. The monoisotopic (exact) mass is 400 g/mol. The lowest BCUT2D eigenvalue weighted by molar-refractivity contribution is 0.102. The van der Waals surface area contributed by atoms with E-state index in [9.17, 15) is 4.79 Å².